The van der Waals surface area contributed by atoms with Crippen molar-refractivity contribution in [1.82, 2.24) is 5.32 Å². The summed E-state index contributed by atoms with van der Waals surface area (Å²) in [6, 6.07) is 11.4. The van der Waals surface area contributed by atoms with Crippen molar-refractivity contribution < 1.29 is 5.11 Å². The third kappa shape index (κ3) is 3.56. The zero-order valence-electron chi connectivity index (χ0n) is 11.5. The van der Waals surface area contributed by atoms with Crippen LogP contribution in [0.25, 0.3) is 0 Å². The van der Waals surface area contributed by atoms with Gasteiger partial charge >= 0.3 is 0 Å². The van der Waals surface area contributed by atoms with Gasteiger partial charge in [-0.15, -0.1) is 0 Å². The van der Waals surface area contributed by atoms with Crippen LogP contribution in [0.4, 0.5) is 0 Å². The van der Waals surface area contributed by atoms with Gasteiger partial charge in [-0.3, -0.25) is 0 Å². The normalized spacial score (nSPS) is 25.1. The van der Waals surface area contributed by atoms with Crippen LogP contribution in [0.2, 0.25) is 0 Å². The van der Waals surface area contributed by atoms with E-state index in [-0.39, 0.29) is 12.1 Å². The second-order valence-electron chi connectivity index (χ2n) is 6.15. The van der Waals surface area contributed by atoms with Gasteiger partial charge in [-0.1, -0.05) is 30.3 Å². The Bertz CT molecular complexity index is 353. The predicted octanol–water partition coefficient (Wildman–Crippen LogP) is 3.07. The summed E-state index contributed by atoms with van der Waals surface area (Å²) in [6.07, 6.45) is 4.93. The summed E-state index contributed by atoms with van der Waals surface area (Å²) in [6.45, 7) is 4.33. The van der Waals surface area contributed by atoms with Crippen LogP contribution in [-0.2, 0) is 0 Å². The average Bonchev–Trinajstić information content (AvgIpc) is 2.40. The van der Waals surface area contributed by atoms with Crippen LogP contribution in [0, 0.1) is 0 Å². The molecule has 0 bridgehead atoms. The van der Waals surface area contributed by atoms with Gasteiger partial charge in [0.25, 0.3) is 0 Å². The Morgan fingerprint density at radius 1 is 1.11 bits per heavy atom. The Morgan fingerprint density at radius 3 is 2.28 bits per heavy atom. The maximum atomic E-state index is 9.29. The Kier molecular flexibility index (Phi) is 4.41. The molecule has 1 saturated carbocycles. The number of rotatable bonds is 4. The quantitative estimate of drug-likeness (QED) is 0.857. The molecule has 1 aromatic carbocycles. The summed E-state index contributed by atoms with van der Waals surface area (Å²) in [5.74, 6) is 0.724. The molecular weight excluding hydrogens is 222 g/mol. The predicted molar refractivity (Wildman–Crippen MR) is 75.7 cm³/mol. The molecule has 2 rings (SSSR count). The average molecular weight is 247 g/mol. The fraction of sp³-hybridized carbons (Fsp3) is 0.625. The van der Waals surface area contributed by atoms with Crippen molar-refractivity contribution in [1.29, 1.82) is 0 Å². The van der Waals surface area contributed by atoms with Gasteiger partial charge in [0.1, 0.15) is 0 Å². The molecule has 0 amide bonds. The number of aliphatic hydroxyl groups is 1. The molecule has 0 heterocycles. The van der Waals surface area contributed by atoms with Crippen molar-refractivity contribution in [3.8, 4) is 0 Å². The third-order valence-electron chi connectivity index (χ3n) is 3.99. The van der Waals surface area contributed by atoms with E-state index in [1.165, 1.54) is 31.2 Å². The molecule has 0 spiro atoms. The Hall–Kier alpha value is -0.860. The van der Waals surface area contributed by atoms with E-state index in [1.54, 1.807) is 0 Å². The summed E-state index contributed by atoms with van der Waals surface area (Å²) < 4.78 is 0. The molecule has 2 heteroatoms. The molecule has 1 aromatic rings. The molecule has 100 valence electrons. The smallest absolute Gasteiger partial charge is 0.0607 e. The van der Waals surface area contributed by atoms with E-state index < -0.39 is 0 Å². The van der Waals surface area contributed by atoms with E-state index in [2.05, 4.69) is 49.5 Å². The van der Waals surface area contributed by atoms with Crippen LogP contribution in [0.1, 0.15) is 51.0 Å². The minimum Gasteiger partial charge on any atom is -0.394 e. The second kappa shape index (κ2) is 5.85. The lowest BCUT2D eigenvalue weighted by Gasteiger charge is -2.35. The highest BCUT2D eigenvalue weighted by Crippen LogP contribution is 2.33. The summed E-state index contributed by atoms with van der Waals surface area (Å²) in [7, 11) is 0. The molecule has 0 radical (unpaired) electrons. The summed E-state index contributed by atoms with van der Waals surface area (Å²) in [4.78, 5) is 0. The fourth-order valence-corrected chi connectivity index (χ4v) is 2.89. The number of hydrogen-bond acceptors (Lipinski definition) is 2. The molecule has 0 aliphatic heterocycles. The molecule has 18 heavy (non-hydrogen) atoms. The molecular formula is C16H25NO. The van der Waals surface area contributed by atoms with Gasteiger partial charge in [-0.05, 0) is 51.0 Å². The molecule has 2 nitrogen and oxygen atoms in total. The Balaban J connectivity index is 1.85. The first kappa shape index (κ1) is 13.6. The van der Waals surface area contributed by atoms with E-state index in [0.29, 0.717) is 6.04 Å². The summed E-state index contributed by atoms with van der Waals surface area (Å²) >= 11 is 0. The topological polar surface area (TPSA) is 32.3 Å². The van der Waals surface area contributed by atoms with Crippen molar-refractivity contribution in [2.24, 2.45) is 0 Å². The van der Waals surface area contributed by atoms with Gasteiger partial charge in [-0.25, -0.2) is 0 Å². The molecule has 0 saturated heterocycles. The first-order valence-corrected chi connectivity index (χ1v) is 7.04. The summed E-state index contributed by atoms with van der Waals surface area (Å²) in [5.41, 5.74) is 1.34. The van der Waals surface area contributed by atoms with Gasteiger partial charge in [0, 0.05) is 11.6 Å². The first-order valence-electron chi connectivity index (χ1n) is 7.04. The Labute approximate surface area is 110 Å². The number of hydrogen-bond donors (Lipinski definition) is 2. The molecule has 2 N–H and O–H groups in total. The molecule has 1 aliphatic carbocycles. The van der Waals surface area contributed by atoms with Gasteiger partial charge in [0.2, 0.25) is 0 Å². The van der Waals surface area contributed by atoms with Crippen LogP contribution in [0.5, 0.6) is 0 Å². The highest BCUT2D eigenvalue weighted by molar-refractivity contribution is 5.20. The third-order valence-corrected chi connectivity index (χ3v) is 3.99. The van der Waals surface area contributed by atoms with Gasteiger partial charge in [0.05, 0.1) is 6.61 Å². The van der Waals surface area contributed by atoms with Gasteiger partial charge in [0.15, 0.2) is 0 Å². The first-order chi connectivity index (χ1) is 8.61. The molecule has 0 aromatic heterocycles. The van der Waals surface area contributed by atoms with E-state index >= 15 is 0 Å². The van der Waals surface area contributed by atoms with Gasteiger partial charge in [-0.2, -0.15) is 0 Å². The monoisotopic (exact) mass is 247 g/mol. The highest BCUT2D eigenvalue weighted by atomic mass is 16.3. The second-order valence-corrected chi connectivity index (χ2v) is 6.15. The van der Waals surface area contributed by atoms with Crippen LogP contribution >= 0.6 is 0 Å². The molecule has 1 aliphatic rings. The van der Waals surface area contributed by atoms with Crippen molar-refractivity contribution in [2.45, 2.75) is 57.0 Å². The molecule has 0 unspecified atom stereocenters. The minimum atomic E-state index is -0.149. The van der Waals surface area contributed by atoms with Crippen molar-refractivity contribution in [2.75, 3.05) is 6.61 Å². The zero-order valence-corrected chi connectivity index (χ0v) is 11.5. The van der Waals surface area contributed by atoms with E-state index in [9.17, 15) is 5.11 Å². The Morgan fingerprint density at radius 2 is 1.72 bits per heavy atom. The maximum absolute atomic E-state index is 9.29. The molecule has 0 atom stereocenters. The zero-order chi connectivity index (χ0) is 13.0. The van der Waals surface area contributed by atoms with E-state index in [1.807, 2.05) is 0 Å². The van der Waals surface area contributed by atoms with Gasteiger partial charge < -0.3 is 10.4 Å². The van der Waals surface area contributed by atoms with Crippen molar-refractivity contribution in [3.63, 3.8) is 0 Å². The SMILES string of the molecule is CC(C)(CO)NC1CCC(c2ccccc2)CC1. The molecule has 1 fully saturated rings. The van der Waals surface area contributed by atoms with Crippen LogP contribution in [0.3, 0.4) is 0 Å². The number of nitrogens with one attached hydrogen (secondary N) is 1. The van der Waals surface area contributed by atoms with E-state index in [4.69, 9.17) is 0 Å². The lowest BCUT2D eigenvalue weighted by Crippen LogP contribution is -2.49. The van der Waals surface area contributed by atoms with Crippen LogP contribution < -0.4 is 5.32 Å². The number of aliphatic hydroxyl groups excluding tert-OH is 1. The van der Waals surface area contributed by atoms with Crippen molar-refractivity contribution >= 4 is 0 Å². The maximum Gasteiger partial charge on any atom is 0.0607 e. The minimum absolute atomic E-state index is 0.149. The summed E-state index contributed by atoms with van der Waals surface area (Å²) in [5, 5.41) is 12.9. The fourth-order valence-electron chi connectivity index (χ4n) is 2.89. The standard InChI is InChI=1S/C16H25NO/c1-16(2,12-18)17-15-10-8-14(9-11-15)13-6-4-3-5-7-13/h3-7,14-15,17-18H,8-12H2,1-2H3. The largest absolute Gasteiger partial charge is 0.394 e. The van der Waals surface area contributed by atoms with E-state index in [0.717, 1.165) is 5.92 Å². The van der Waals surface area contributed by atoms with Crippen LogP contribution in [0.15, 0.2) is 30.3 Å². The van der Waals surface area contributed by atoms with Crippen LogP contribution in [-0.4, -0.2) is 23.3 Å². The lowest BCUT2D eigenvalue weighted by molar-refractivity contribution is 0.162. The highest BCUT2D eigenvalue weighted by Gasteiger charge is 2.26. The van der Waals surface area contributed by atoms with Crippen molar-refractivity contribution in [3.05, 3.63) is 35.9 Å². The number of benzene rings is 1. The lowest BCUT2D eigenvalue weighted by atomic mass is 9.81.